The van der Waals surface area contributed by atoms with Gasteiger partial charge in [-0.1, -0.05) is 23.4 Å². The number of pyridine rings is 1. The molecule has 4 aromatic rings. The summed E-state index contributed by atoms with van der Waals surface area (Å²) in [7, 11) is 1.62. The van der Waals surface area contributed by atoms with Gasteiger partial charge in [-0.15, -0.1) is 5.10 Å². The third-order valence-corrected chi connectivity index (χ3v) is 6.35. The zero-order chi connectivity index (χ0) is 27.2. The molecule has 1 aliphatic heterocycles. The Morgan fingerprint density at radius 3 is 2.82 bits per heavy atom. The maximum Gasteiger partial charge on any atom is 0.326 e. The Balaban J connectivity index is 1.40. The minimum Gasteiger partial charge on any atom is -0.480 e. The summed E-state index contributed by atoms with van der Waals surface area (Å²) in [4.78, 5) is 27.4. The lowest BCUT2D eigenvalue weighted by Crippen LogP contribution is -2.36. The Kier molecular flexibility index (Phi) is 7.70. The number of carboxylic acid groups (broad SMARTS) is 1. The fraction of sp³-hybridized carbons (Fsp3) is 0.296. The minimum atomic E-state index is -0.833. The molecule has 3 aromatic heterocycles. The van der Waals surface area contributed by atoms with Crippen molar-refractivity contribution < 1.29 is 14.6 Å². The van der Waals surface area contributed by atoms with Gasteiger partial charge in [0.2, 0.25) is 5.95 Å². The summed E-state index contributed by atoms with van der Waals surface area (Å²) in [5.74, 6) is 0.217. The zero-order valence-electron chi connectivity index (χ0n) is 21.4. The van der Waals surface area contributed by atoms with Crippen molar-refractivity contribution in [3.63, 3.8) is 0 Å². The molecule has 1 aliphatic rings. The largest absolute Gasteiger partial charge is 0.480 e. The summed E-state index contributed by atoms with van der Waals surface area (Å²) in [6, 6.07) is 16.2. The Labute approximate surface area is 224 Å². The van der Waals surface area contributed by atoms with Crippen molar-refractivity contribution in [3.8, 4) is 28.7 Å². The molecule has 0 saturated carbocycles. The molecule has 39 heavy (non-hydrogen) atoms. The molecule has 0 amide bonds. The Bertz CT molecular complexity index is 1510. The van der Waals surface area contributed by atoms with Gasteiger partial charge in [0, 0.05) is 25.8 Å². The number of benzene rings is 1. The van der Waals surface area contributed by atoms with Gasteiger partial charge < -0.3 is 20.1 Å². The molecule has 1 fully saturated rings. The number of rotatable bonds is 10. The average Bonchev–Trinajstić information content (AvgIpc) is 3.64. The van der Waals surface area contributed by atoms with Crippen LogP contribution in [0, 0.1) is 11.3 Å². The maximum atomic E-state index is 11.6. The van der Waals surface area contributed by atoms with Crippen LogP contribution in [0.15, 0.2) is 54.7 Å². The van der Waals surface area contributed by atoms with Crippen LogP contribution in [-0.4, -0.2) is 73.9 Å². The predicted octanol–water partition coefficient (Wildman–Crippen LogP) is 2.83. The van der Waals surface area contributed by atoms with Crippen LogP contribution < -0.4 is 10.2 Å². The number of methoxy groups -OCH3 is 1. The van der Waals surface area contributed by atoms with Crippen molar-refractivity contribution in [3.05, 3.63) is 66.0 Å². The summed E-state index contributed by atoms with van der Waals surface area (Å²) in [5.41, 5.74) is 3.80. The lowest BCUT2D eigenvalue weighted by Gasteiger charge is -2.22. The van der Waals surface area contributed by atoms with E-state index in [9.17, 15) is 15.2 Å². The van der Waals surface area contributed by atoms with E-state index in [0.29, 0.717) is 67.1 Å². The minimum absolute atomic E-state index is 0.355. The van der Waals surface area contributed by atoms with Crippen LogP contribution >= 0.6 is 0 Å². The molecule has 12 nitrogen and oxygen atoms in total. The van der Waals surface area contributed by atoms with Crippen LogP contribution in [0.5, 0.6) is 0 Å². The number of aromatic nitrogens is 6. The molecular formula is C27H27N9O3. The highest BCUT2D eigenvalue weighted by atomic mass is 16.5. The lowest BCUT2D eigenvalue weighted by molar-refractivity contribution is -0.138. The molecule has 5 rings (SSSR count). The van der Waals surface area contributed by atoms with Crippen molar-refractivity contribution in [2.45, 2.75) is 25.4 Å². The third-order valence-electron chi connectivity index (χ3n) is 6.35. The van der Waals surface area contributed by atoms with Gasteiger partial charge >= 0.3 is 5.97 Å². The zero-order valence-corrected chi connectivity index (χ0v) is 21.4. The number of nitrogens with one attached hydrogen (secondary N) is 1. The summed E-state index contributed by atoms with van der Waals surface area (Å²) < 4.78 is 6.79. The molecule has 12 heteroatoms. The molecule has 4 heterocycles. The quantitative estimate of drug-likeness (QED) is 0.294. The molecule has 1 saturated heterocycles. The summed E-state index contributed by atoms with van der Waals surface area (Å²) in [5, 5.41) is 30.6. The molecule has 0 aliphatic carbocycles. The number of nitrogens with zero attached hydrogens (tertiary/aromatic N) is 8. The molecule has 0 spiro atoms. The SMILES string of the molecule is COCCNc1nc(-c2cccc(C#N)c2)cc(-c2cn(Cc3cccc(N4CCCC4C(=O)O)n3)nn2)n1. The Morgan fingerprint density at radius 1 is 1.15 bits per heavy atom. The van der Waals surface area contributed by atoms with Gasteiger partial charge in [-0.2, -0.15) is 5.26 Å². The van der Waals surface area contributed by atoms with Crippen molar-refractivity contribution in [1.82, 2.24) is 29.9 Å². The molecule has 0 bridgehead atoms. The Hall–Kier alpha value is -4.89. The number of ether oxygens (including phenoxy) is 1. The standard InChI is InChI=1S/C27H27N9O3/c1-39-12-10-29-27-31-21(19-6-2-5-18(13-19)15-28)14-22(32-27)23-17-35(34-33-23)16-20-7-3-9-25(30-20)36-11-4-8-24(36)26(37)38/h2-3,5-7,9,13-14,17,24H,4,8,10-12,16H2,1H3,(H,37,38)(H,29,31,32). The average molecular weight is 526 g/mol. The van der Waals surface area contributed by atoms with Crippen LogP contribution in [0.25, 0.3) is 22.6 Å². The van der Waals surface area contributed by atoms with Gasteiger partial charge in [0.1, 0.15) is 17.6 Å². The number of hydrogen-bond donors (Lipinski definition) is 2. The van der Waals surface area contributed by atoms with Crippen molar-refractivity contribution in [1.29, 1.82) is 5.26 Å². The van der Waals surface area contributed by atoms with E-state index in [-0.39, 0.29) is 0 Å². The fourth-order valence-corrected chi connectivity index (χ4v) is 4.49. The molecule has 0 radical (unpaired) electrons. The second-order valence-corrected chi connectivity index (χ2v) is 9.05. The van der Waals surface area contributed by atoms with Gasteiger partial charge in [-0.25, -0.2) is 24.4 Å². The van der Waals surface area contributed by atoms with E-state index in [4.69, 9.17) is 9.72 Å². The smallest absolute Gasteiger partial charge is 0.326 e. The number of carboxylic acids is 1. The monoisotopic (exact) mass is 525 g/mol. The summed E-state index contributed by atoms with van der Waals surface area (Å²) >= 11 is 0. The van der Waals surface area contributed by atoms with E-state index >= 15 is 0 Å². The fourth-order valence-electron chi connectivity index (χ4n) is 4.49. The van der Waals surface area contributed by atoms with Crippen molar-refractivity contribution in [2.75, 3.05) is 37.0 Å². The number of anilines is 2. The molecule has 1 aromatic carbocycles. The van der Waals surface area contributed by atoms with Crippen LogP contribution in [0.2, 0.25) is 0 Å². The molecular weight excluding hydrogens is 498 g/mol. The molecule has 198 valence electrons. The summed E-state index contributed by atoms with van der Waals surface area (Å²) in [6.07, 6.45) is 3.21. The number of carbonyl (C=O) groups is 1. The van der Waals surface area contributed by atoms with Gasteiger partial charge in [-0.05, 0) is 43.2 Å². The molecule has 2 N–H and O–H groups in total. The van der Waals surface area contributed by atoms with Gasteiger partial charge in [0.25, 0.3) is 0 Å². The highest BCUT2D eigenvalue weighted by molar-refractivity contribution is 5.78. The van der Waals surface area contributed by atoms with E-state index < -0.39 is 12.0 Å². The molecule has 1 atom stereocenters. The summed E-state index contributed by atoms with van der Waals surface area (Å²) in [6.45, 7) is 2.02. The Morgan fingerprint density at radius 2 is 2.00 bits per heavy atom. The molecule has 1 unspecified atom stereocenters. The van der Waals surface area contributed by atoms with Crippen molar-refractivity contribution in [2.24, 2.45) is 0 Å². The van der Waals surface area contributed by atoms with Gasteiger partial charge in [-0.3, -0.25) is 0 Å². The number of aliphatic carboxylic acids is 1. The van der Waals surface area contributed by atoms with Gasteiger partial charge in [0.15, 0.2) is 0 Å². The maximum absolute atomic E-state index is 11.6. The van der Waals surface area contributed by atoms with E-state index in [1.54, 1.807) is 30.1 Å². The van der Waals surface area contributed by atoms with E-state index in [1.165, 1.54) is 0 Å². The first-order valence-electron chi connectivity index (χ1n) is 12.5. The van der Waals surface area contributed by atoms with Gasteiger partial charge in [0.05, 0.1) is 48.1 Å². The third kappa shape index (κ3) is 6.00. The van der Waals surface area contributed by atoms with E-state index in [2.05, 4.69) is 31.7 Å². The van der Waals surface area contributed by atoms with Crippen LogP contribution in [-0.2, 0) is 16.1 Å². The second-order valence-electron chi connectivity index (χ2n) is 9.05. The van der Waals surface area contributed by atoms with Crippen LogP contribution in [0.3, 0.4) is 0 Å². The first-order valence-corrected chi connectivity index (χ1v) is 12.5. The van der Waals surface area contributed by atoms with E-state index in [0.717, 1.165) is 17.7 Å². The topological polar surface area (TPSA) is 155 Å². The predicted molar refractivity (Wildman–Crippen MR) is 143 cm³/mol. The first kappa shape index (κ1) is 25.7. The van der Waals surface area contributed by atoms with Crippen molar-refractivity contribution >= 4 is 17.7 Å². The lowest BCUT2D eigenvalue weighted by atomic mass is 10.1. The van der Waals surface area contributed by atoms with E-state index in [1.807, 2.05) is 41.3 Å². The highest BCUT2D eigenvalue weighted by Crippen LogP contribution is 2.26. The normalized spacial score (nSPS) is 14.8. The van der Waals surface area contributed by atoms with Crippen LogP contribution in [0.1, 0.15) is 24.1 Å². The first-order chi connectivity index (χ1) is 19.0. The second kappa shape index (κ2) is 11.7. The number of hydrogen-bond acceptors (Lipinski definition) is 10. The highest BCUT2D eigenvalue weighted by Gasteiger charge is 2.31. The van der Waals surface area contributed by atoms with Crippen LogP contribution in [0.4, 0.5) is 11.8 Å². The number of nitriles is 1.